The second kappa shape index (κ2) is 1.81. The molecule has 1 unspecified atom stereocenters. The molecule has 3 aliphatic rings. The molecule has 1 atom stereocenters. The molecular weight excluding hydrogens is 114 g/mol. The van der Waals surface area contributed by atoms with Gasteiger partial charge in [-0.05, 0) is 25.9 Å². The minimum Gasteiger partial charge on any atom is -0.298 e. The summed E-state index contributed by atoms with van der Waals surface area (Å²) >= 11 is 0. The maximum Gasteiger partial charge on any atom is 0.149 e. The van der Waals surface area contributed by atoms with Gasteiger partial charge in [0.15, 0.2) is 0 Å². The number of nitrogens with zero attached hydrogens (tertiary/aromatic N) is 1. The van der Waals surface area contributed by atoms with Crippen LogP contribution in [0.1, 0.15) is 14.2 Å². The summed E-state index contributed by atoms with van der Waals surface area (Å²) in [6, 6.07) is 0. The SMILES string of the molecule is [2H]C1C(=O)C2CCN1CC2. The smallest absolute Gasteiger partial charge is 0.149 e. The molecule has 0 aromatic rings. The van der Waals surface area contributed by atoms with Crippen LogP contribution in [0.5, 0.6) is 0 Å². The summed E-state index contributed by atoms with van der Waals surface area (Å²) in [6.07, 6.45) is 1.99. The van der Waals surface area contributed by atoms with Crippen molar-refractivity contribution in [2.45, 2.75) is 12.8 Å². The van der Waals surface area contributed by atoms with Crippen LogP contribution in [0.3, 0.4) is 0 Å². The highest BCUT2D eigenvalue weighted by Gasteiger charge is 2.31. The van der Waals surface area contributed by atoms with Crippen LogP contribution in [0.25, 0.3) is 0 Å². The Morgan fingerprint density at radius 1 is 1.56 bits per heavy atom. The Labute approximate surface area is 56.2 Å². The first-order chi connectivity index (χ1) is 4.79. The van der Waals surface area contributed by atoms with Gasteiger partial charge in [0.2, 0.25) is 0 Å². The number of carbonyl (C=O) groups excluding carboxylic acids is 1. The molecule has 0 spiro atoms. The number of ketones is 1. The number of Topliss-reactive ketones (excluding diaryl/α,β-unsaturated/α-hetero) is 1. The van der Waals surface area contributed by atoms with E-state index < -0.39 is 6.52 Å². The minimum absolute atomic E-state index is 0.150. The molecular formula is C7H11NO. The average Bonchev–Trinajstić information content (AvgIpc) is 2.00. The summed E-state index contributed by atoms with van der Waals surface area (Å²) in [5.41, 5.74) is 0. The zero-order valence-electron chi connectivity index (χ0n) is 6.34. The van der Waals surface area contributed by atoms with Crippen molar-refractivity contribution in [2.75, 3.05) is 19.6 Å². The van der Waals surface area contributed by atoms with Crippen LogP contribution in [0.15, 0.2) is 0 Å². The van der Waals surface area contributed by atoms with Crippen LogP contribution in [0.2, 0.25) is 0 Å². The molecule has 50 valence electrons. The Kier molecular flexibility index (Phi) is 0.892. The first-order valence-corrected chi connectivity index (χ1v) is 3.49. The van der Waals surface area contributed by atoms with Gasteiger partial charge in [0, 0.05) is 5.92 Å². The van der Waals surface area contributed by atoms with Crippen LogP contribution in [-0.4, -0.2) is 30.3 Å². The standard InChI is InChI=1S/C7H11NO/c9-7-5-8-3-1-6(7)2-4-8/h6H,1-5H2/i5D. The topological polar surface area (TPSA) is 20.3 Å². The summed E-state index contributed by atoms with van der Waals surface area (Å²) in [7, 11) is 0. The van der Waals surface area contributed by atoms with Crippen molar-refractivity contribution in [3.05, 3.63) is 0 Å². The number of hydrogen-bond donors (Lipinski definition) is 0. The molecule has 2 nitrogen and oxygen atoms in total. The maximum atomic E-state index is 11.2. The van der Waals surface area contributed by atoms with Crippen LogP contribution < -0.4 is 0 Å². The van der Waals surface area contributed by atoms with Gasteiger partial charge in [-0.25, -0.2) is 0 Å². The lowest BCUT2D eigenvalue weighted by atomic mass is 9.87. The summed E-state index contributed by atoms with van der Waals surface area (Å²) in [5.74, 6) is 0.380. The van der Waals surface area contributed by atoms with Crippen molar-refractivity contribution in [2.24, 2.45) is 5.92 Å². The molecule has 0 aliphatic carbocycles. The molecule has 3 saturated heterocycles. The largest absolute Gasteiger partial charge is 0.298 e. The summed E-state index contributed by atoms with van der Waals surface area (Å²) in [5, 5.41) is 0. The molecule has 3 aliphatic heterocycles. The van der Waals surface area contributed by atoms with E-state index in [1.54, 1.807) is 0 Å². The van der Waals surface area contributed by atoms with Crippen LogP contribution >= 0.6 is 0 Å². The third-order valence-corrected chi connectivity index (χ3v) is 2.24. The highest BCUT2D eigenvalue weighted by atomic mass is 16.1. The van der Waals surface area contributed by atoms with Crippen molar-refractivity contribution < 1.29 is 6.17 Å². The van der Waals surface area contributed by atoms with E-state index in [9.17, 15) is 4.79 Å². The number of carbonyl (C=O) groups is 1. The summed E-state index contributed by atoms with van der Waals surface area (Å²) < 4.78 is 7.44. The monoisotopic (exact) mass is 126 g/mol. The maximum absolute atomic E-state index is 11.2. The lowest BCUT2D eigenvalue weighted by molar-refractivity contribution is -0.130. The molecule has 2 heteroatoms. The first kappa shape index (κ1) is 4.45. The minimum atomic E-state index is -0.521. The van der Waals surface area contributed by atoms with Gasteiger partial charge in [-0.15, -0.1) is 0 Å². The van der Waals surface area contributed by atoms with E-state index in [4.69, 9.17) is 1.37 Å². The number of piperidine rings is 3. The van der Waals surface area contributed by atoms with E-state index in [-0.39, 0.29) is 11.7 Å². The number of hydrogen-bond acceptors (Lipinski definition) is 2. The zero-order valence-corrected chi connectivity index (χ0v) is 5.34. The molecule has 0 N–H and O–H groups in total. The lowest BCUT2D eigenvalue weighted by Gasteiger charge is -2.37. The van der Waals surface area contributed by atoms with Gasteiger partial charge in [0.05, 0.1) is 7.89 Å². The Morgan fingerprint density at radius 3 is 2.56 bits per heavy atom. The Bertz CT molecular complexity index is 159. The Balaban J connectivity index is 2.20. The lowest BCUT2D eigenvalue weighted by Crippen LogP contribution is -2.47. The second-order valence-electron chi connectivity index (χ2n) is 2.84. The van der Waals surface area contributed by atoms with Gasteiger partial charge in [0.1, 0.15) is 5.78 Å². The van der Waals surface area contributed by atoms with Gasteiger partial charge in [0.25, 0.3) is 0 Å². The van der Waals surface area contributed by atoms with E-state index in [0.717, 1.165) is 25.9 Å². The van der Waals surface area contributed by atoms with Crippen LogP contribution in [0, 0.1) is 5.92 Å². The number of fused-ring (bicyclic) bond motifs is 3. The van der Waals surface area contributed by atoms with Gasteiger partial charge in [-0.3, -0.25) is 9.69 Å². The van der Waals surface area contributed by atoms with Gasteiger partial charge in [-0.1, -0.05) is 0 Å². The van der Waals surface area contributed by atoms with Gasteiger partial charge < -0.3 is 0 Å². The molecule has 0 aromatic heterocycles. The molecule has 0 amide bonds. The van der Waals surface area contributed by atoms with Crippen LogP contribution in [0.4, 0.5) is 0 Å². The summed E-state index contributed by atoms with van der Waals surface area (Å²) in [4.78, 5) is 13.1. The van der Waals surface area contributed by atoms with E-state index >= 15 is 0 Å². The van der Waals surface area contributed by atoms with Crippen molar-refractivity contribution in [3.8, 4) is 0 Å². The molecule has 2 bridgehead atoms. The quantitative estimate of drug-likeness (QED) is 0.464. The van der Waals surface area contributed by atoms with Crippen molar-refractivity contribution in [1.29, 1.82) is 0 Å². The summed E-state index contributed by atoms with van der Waals surface area (Å²) in [6.45, 7) is 1.40. The zero-order chi connectivity index (χ0) is 7.14. The highest BCUT2D eigenvalue weighted by molar-refractivity contribution is 5.84. The predicted octanol–water partition coefficient (Wildman–Crippen LogP) is 0.281. The second-order valence-corrected chi connectivity index (χ2v) is 2.84. The molecule has 3 fully saturated rings. The van der Waals surface area contributed by atoms with Crippen molar-refractivity contribution in [3.63, 3.8) is 0 Å². The molecule has 0 aromatic carbocycles. The average molecular weight is 126 g/mol. The first-order valence-electron chi connectivity index (χ1n) is 4.07. The van der Waals surface area contributed by atoms with Gasteiger partial charge >= 0.3 is 0 Å². The van der Waals surface area contributed by atoms with E-state index in [2.05, 4.69) is 0 Å². The third-order valence-electron chi connectivity index (χ3n) is 2.24. The third kappa shape index (κ3) is 0.778. The van der Waals surface area contributed by atoms with E-state index in [1.165, 1.54) is 0 Å². The predicted molar refractivity (Wildman–Crippen MR) is 34.2 cm³/mol. The van der Waals surface area contributed by atoms with Crippen molar-refractivity contribution in [1.82, 2.24) is 4.90 Å². The molecule has 3 heterocycles. The fourth-order valence-electron chi connectivity index (χ4n) is 1.60. The van der Waals surface area contributed by atoms with Crippen LogP contribution in [-0.2, 0) is 4.79 Å². The van der Waals surface area contributed by atoms with Crippen molar-refractivity contribution >= 4 is 5.78 Å². The Morgan fingerprint density at radius 2 is 2.22 bits per heavy atom. The van der Waals surface area contributed by atoms with E-state index in [1.807, 2.05) is 4.90 Å². The fraction of sp³-hybridized carbons (Fsp3) is 0.857. The van der Waals surface area contributed by atoms with Gasteiger partial charge in [-0.2, -0.15) is 0 Å². The van der Waals surface area contributed by atoms with E-state index in [0.29, 0.717) is 0 Å². The Hall–Kier alpha value is -0.370. The highest BCUT2D eigenvalue weighted by Crippen LogP contribution is 2.23. The normalized spacial score (nSPS) is 51.3. The molecule has 0 saturated carbocycles. The molecule has 9 heavy (non-hydrogen) atoms. The fourth-order valence-corrected chi connectivity index (χ4v) is 1.60. The molecule has 0 radical (unpaired) electrons. The molecule has 3 rings (SSSR count). The number of rotatable bonds is 0.